The van der Waals surface area contributed by atoms with Gasteiger partial charge in [0, 0.05) is 0 Å². The molecule has 0 aromatic heterocycles. The SMILES string of the molecule is CCCCCC(NCCCCCC[16N](CCC)CCC)NCCCCCC[16N](CCC)CCC. The molecule has 4 nitrogen and oxygen atoms in total. The molecule has 0 aliphatic rings. The third kappa shape index (κ3) is 22.3. The fourth-order valence-corrected chi connectivity index (χ4v) is 4.99. The van der Waals surface area contributed by atoms with Crippen LogP contribution in [-0.4, -0.2) is 68.3 Å². The van der Waals surface area contributed by atoms with E-state index in [-0.39, 0.29) is 0 Å². The van der Waals surface area contributed by atoms with Crippen molar-refractivity contribution in [3.63, 3.8) is 0 Å². The fourth-order valence-electron chi connectivity index (χ4n) is 4.99. The summed E-state index contributed by atoms with van der Waals surface area (Å²) in [5, 5.41) is 7.67. The monoisotopic (exact) mass is 487 g/mol. The minimum atomic E-state index is 0.515. The highest BCUT2D eigenvalue weighted by atomic mass is 16.7. The van der Waals surface area contributed by atoms with Crippen LogP contribution in [0.25, 0.3) is 0 Å². The van der Waals surface area contributed by atoms with Gasteiger partial charge in [0.25, 0.3) is 0 Å². The summed E-state index contributed by atoms with van der Waals surface area (Å²) in [5.74, 6) is 0. The highest BCUT2D eigenvalue weighted by molar-refractivity contribution is 4.66. The molecule has 0 aromatic rings. The zero-order chi connectivity index (χ0) is 25.1. The van der Waals surface area contributed by atoms with Crippen LogP contribution in [0.15, 0.2) is 0 Å². The molecule has 0 atom stereocenters. The average Bonchev–Trinajstić information content (AvgIpc) is 2.82. The predicted molar refractivity (Wildman–Crippen MR) is 155 cm³/mol. The molecule has 2 N–H and O–H groups in total. The average molecular weight is 487 g/mol. The van der Waals surface area contributed by atoms with Gasteiger partial charge in [0.1, 0.15) is 0 Å². The van der Waals surface area contributed by atoms with Crippen LogP contribution < -0.4 is 10.6 Å². The summed E-state index contributed by atoms with van der Waals surface area (Å²) < 4.78 is 0. The van der Waals surface area contributed by atoms with E-state index < -0.39 is 0 Å². The number of nitrogens with one attached hydrogen (secondary N) is 2. The lowest BCUT2D eigenvalue weighted by Crippen LogP contribution is -2.43. The molecule has 0 amide bonds. The standard InChI is InChI=1S/C30H66N4/c1-6-11-16-21-30(31-22-17-12-14-19-28-33(24-7-2)25-8-3)32-23-18-13-15-20-29-34(26-9-4)27-10-5/h30-32H,6-29H2,1-5H3/i33+2,34+2. The van der Waals surface area contributed by atoms with Crippen molar-refractivity contribution in [3.05, 3.63) is 0 Å². The van der Waals surface area contributed by atoms with E-state index in [9.17, 15) is 0 Å². The summed E-state index contributed by atoms with van der Waals surface area (Å²) in [6.07, 6.45) is 21.8. The van der Waals surface area contributed by atoms with Crippen LogP contribution in [0.3, 0.4) is 0 Å². The number of rotatable bonds is 28. The number of hydrogen-bond acceptors (Lipinski definition) is 4. The van der Waals surface area contributed by atoms with Crippen LogP contribution in [-0.2, 0) is 0 Å². The molecule has 0 aliphatic heterocycles. The van der Waals surface area contributed by atoms with Gasteiger partial charge in [0.15, 0.2) is 0 Å². The Labute approximate surface area is 216 Å². The van der Waals surface area contributed by atoms with Crippen molar-refractivity contribution in [2.24, 2.45) is 0 Å². The maximum Gasteiger partial charge on any atom is 0.0571 e. The Kier molecular flexibility index (Phi) is 27.3. The lowest BCUT2D eigenvalue weighted by molar-refractivity contribution is 0.267. The van der Waals surface area contributed by atoms with E-state index in [2.05, 4.69) is 55.1 Å². The van der Waals surface area contributed by atoms with Gasteiger partial charge < -0.3 is 20.4 Å². The summed E-state index contributed by atoms with van der Waals surface area (Å²) in [6, 6.07) is 0. The zero-order valence-corrected chi connectivity index (χ0v) is 24.4. The maximum atomic E-state index is 3.84. The largest absolute Gasteiger partial charge is 0.303 e. The number of hydrogen-bond donors (Lipinski definition) is 2. The molecule has 0 heterocycles. The van der Waals surface area contributed by atoms with Crippen LogP contribution in [0.1, 0.15) is 137 Å². The minimum absolute atomic E-state index is 0.515. The van der Waals surface area contributed by atoms with E-state index in [1.54, 1.807) is 0 Å². The van der Waals surface area contributed by atoms with Crippen LogP contribution in [0.2, 0.25) is 0 Å². The molecule has 0 bridgehead atoms. The first-order chi connectivity index (χ1) is 16.7. The van der Waals surface area contributed by atoms with Gasteiger partial charge in [-0.2, -0.15) is 0 Å². The molecule has 0 aliphatic carbocycles. The van der Waals surface area contributed by atoms with Gasteiger partial charge in [0.2, 0.25) is 0 Å². The van der Waals surface area contributed by atoms with Gasteiger partial charge in [-0.3, -0.25) is 0 Å². The zero-order valence-electron chi connectivity index (χ0n) is 24.4. The summed E-state index contributed by atoms with van der Waals surface area (Å²) in [7, 11) is 0. The van der Waals surface area contributed by atoms with Crippen molar-refractivity contribution in [1.29, 1.82) is 0 Å². The molecule has 0 unspecified atom stereocenters. The minimum Gasteiger partial charge on any atom is -0.303 e. The van der Waals surface area contributed by atoms with Gasteiger partial charge in [-0.25, -0.2) is 0 Å². The third-order valence-electron chi connectivity index (χ3n) is 6.84. The van der Waals surface area contributed by atoms with E-state index in [0.717, 1.165) is 0 Å². The Morgan fingerprint density at radius 2 is 0.824 bits per heavy atom. The molecule has 206 valence electrons. The maximum absolute atomic E-state index is 3.84. The Bertz CT molecular complexity index is 335. The summed E-state index contributed by atoms with van der Waals surface area (Å²) in [5.41, 5.74) is 0. The highest BCUT2D eigenvalue weighted by Crippen LogP contribution is 2.07. The van der Waals surface area contributed by atoms with Crippen molar-refractivity contribution in [2.45, 2.75) is 144 Å². The second-order valence-corrected chi connectivity index (χ2v) is 10.5. The lowest BCUT2D eigenvalue weighted by Gasteiger charge is -2.22. The van der Waals surface area contributed by atoms with Crippen LogP contribution >= 0.6 is 0 Å². The Hall–Kier alpha value is -0.160. The molecular weight excluding hydrogens is 420 g/mol. The fraction of sp³-hybridized carbons (Fsp3) is 1.00. The smallest absolute Gasteiger partial charge is 0.0571 e. The van der Waals surface area contributed by atoms with Crippen LogP contribution in [0, 0.1) is 0 Å². The number of unbranched alkanes of at least 4 members (excludes halogenated alkanes) is 8. The van der Waals surface area contributed by atoms with E-state index in [1.165, 1.54) is 155 Å². The first-order valence-corrected chi connectivity index (χ1v) is 15.6. The van der Waals surface area contributed by atoms with Gasteiger partial charge in [-0.15, -0.1) is 0 Å². The van der Waals surface area contributed by atoms with Gasteiger partial charge in [0.05, 0.1) is 6.17 Å². The summed E-state index contributed by atoms with van der Waals surface area (Å²) >= 11 is 0. The van der Waals surface area contributed by atoms with Crippen molar-refractivity contribution in [1.82, 2.24) is 20.4 Å². The molecule has 0 saturated carbocycles. The molecule has 0 rings (SSSR count). The Morgan fingerprint density at radius 3 is 1.21 bits per heavy atom. The van der Waals surface area contributed by atoms with Gasteiger partial charge in [-0.05, 0) is 110 Å². The van der Waals surface area contributed by atoms with Crippen LogP contribution in [0.4, 0.5) is 0 Å². The van der Waals surface area contributed by atoms with Crippen molar-refractivity contribution in [2.75, 3.05) is 52.4 Å². The van der Waals surface area contributed by atoms with E-state index >= 15 is 0 Å². The summed E-state index contributed by atoms with van der Waals surface area (Å²) in [6.45, 7) is 21.5. The predicted octanol–water partition coefficient (Wildman–Crippen LogP) is 7.44. The molecule has 0 fully saturated rings. The van der Waals surface area contributed by atoms with Crippen molar-refractivity contribution >= 4 is 0 Å². The Morgan fingerprint density at radius 1 is 0.412 bits per heavy atom. The molecule has 0 saturated heterocycles. The van der Waals surface area contributed by atoms with Crippen molar-refractivity contribution in [3.8, 4) is 0 Å². The van der Waals surface area contributed by atoms with E-state index in [4.69, 9.17) is 0 Å². The molecule has 0 aromatic carbocycles. The van der Waals surface area contributed by atoms with Gasteiger partial charge >= 0.3 is 0 Å². The highest BCUT2D eigenvalue weighted by Gasteiger charge is 2.07. The van der Waals surface area contributed by atoms with E-state index in [1.807, 2.05) is 0 Å². The quantitative estimate of drug-likeness (QED) is 0.0888. The molecule has 34 heavy (non-hydrogen) atoms. The number of nitrogens with zero attached hydrogens (tertiary/aromatic N) is 2. The molecule has 4 heteroatoms. The second-order valence-electron chi connectivity index (χ2n) is 10.5. The first kappa shape index (κ1) is 33.8. The normalized spacial score (nSPS) is 12.0. The molecule has 0 spiro atoms. The molecular formula is C30H66N4. The summed E-state index contributed by atoms with van der Waals surface area (Å²) in [4.78, 5) is 5.30. The Balaban J connectivity index is 3.90. The van der Waals surface area contributed by atoms with Crippen molar-refractivity contribution < 1.29 is 0 Å². The second kappa shape index (κ2) is 27.4. The third-order valence-corrected chi connectivity index (χ3v) is 6.84. The van der Waals surface area contributed by atoms with Gasteiger partial charge in [-0.1, -0.05) is 79.6 Å². The van der Waals surface area contributed by atoms with E-state index in [0.29, 0.717) is 6.17 Å². The topological polar surface area (TPSA) is 30.5 Å². The first-order valence-electron chi connectivity index (χ1n) is 15.6. The van der Waals surface area contributed by atoms with Crippen LogP contribution in [0.5, 0.6) is 0 Å². The lowest BCUT2D eigenvalue weighted by atomic mass is 10.1. The molecule has 0 radical (unpaired) electrons.